The highest BCUT2D eigenvalue weighted by Crippen LogP contribution is 2.34. The lowest BCUT2D eigenvalue weighted by molar-refractivity contribution is -0.122. The molecule has 0 saturated heterocycles. The van der Waals surface area contributed by atoms with E-state index in [1.54, 1.807) is 13.3 Å². The van der Waals surface area contributed by atoms with Crippen LogP contribution >= 0.6 is 0 Å². The summed E-state index contributed by atoms with van der Waals surface area (Å²) in [6.07, 6.45) is 3.14. The highest BCUT2D eigenvalue weighted by molar-refractivity contribution is 5.96. The summed E-state index contributed by atoms with van der Waals surface area (Å²) in [5, 5.41) is 9.61. The third-order valence-corrected chi connectivity index (χ3v) is 3.85. The minimum atomic E-state index is -0.350. The Hall–Kier alpha value is -2.87. The van der Waals surface area contributed by atoms with Crippen LogP contribution < -0.4 is 15.4 Å². The van der Waals surface area contributed by atoms with Gasteiger partial charge in [-0.15, -0.1) is 0 Å². The number of hydrogen-bond acceptors (Lipinski definition) is 5. The van der Waals surface area contributed by atoms with Gasteiger partial charge in [-0.2, -0.15) is 5.10 Å². The van der Waals surface area contributed by atoms with E-state index >= 15 is 0 Å². The average molecular weight is 344 g/mol. The van der Waals surface area contributed by atoms with E-state index in [1.807, 2.05) is 24.3 Å². The predicted molar refractivity (Wildman–Crippen MR) is 90.4 cm³/mol. The van der Waals surface area contributed by atoms with Crippen molar-refractivity contribution in [2.45, 2.75) is 12.5 Å². The number of aromatic nitrogens is 2. The number of ether oxygens (including phenoxy) is 2. The maximum atomic E-state index is 12.5. The first-order chi connectivity index (χ1) is 12.2. The molecule has 0 aliphatic carbocycles. The summed E-state index contributed by atoms with van der Waals surface area (Å²) in [4.78, 5) is 24.2. The van der Waals surface area contributed by atoms with Crippen LogP contribution in [0.5, 0.6) is 5.75 Å². The minimum absolute atomic E-state index is 0.0783. The molecule has 3 rings (SSSR count). The van der Waals surface area contributed by atoms with Crippen molar-refractivity contribution in [3.8, 4) is 5.75 Å². The van der Waals surface area contributed by atoms with Gasteiger partial charge in [0.2, 0.25) is 11.8 Å². The van der Waals surface area contributed by atoms with Gasteiger partial charge in [0, 0.05) is 25.4 Å². The first kappa shape index (κ1) is 17.0. The zero-order valence-corrected chi connectivity index (χ0v) is 13.9. The monoisotopic (exact) mass is 344 g/mol. The maximum Gasteiger partial charge on any atom is 0.241 e. The van der Waals surface area contributed by atoms with Crippen LogP contribution in [0.1, 0.15) is 11.5 Å². The number of methoxy groups -OCH3 is 1. The van der Waals surface area contributed by atoms with Gasteiger partial charge in [0.15, 0.2) is 0 Å². The molecule has 2 aromatic rings. The van der Waals surface area contributed by atoms with Crippen LogP contribution in [0.15, 0.2) is 36.7 Å². The third kappa shape index (κ3) is 4.16. The average Bonchev–Trinajstić information content (AvgIpc) is 3.21. The molecule has 0 bridgehead atoms. The second-order valence-corrected chi connectivity index (χ2v) is 5.66. The lowest BCUT2D eigenvalue weighted by Crippen LogP contribution is -2.30. The van der Waals surface area contributed by atoms with E-state index in [0.717, 1.165) is 11.3 Å². The number of hydrogen-bond donors (Lipinski definition) is 2. The molecular weight excluding hydrogens is 324 g/mol. The van der Waals surface area contributed by atoms with Gasteiger partial charge in [0.25, 0.3) is 0 Å². The largest absolute Gasteiger partial charge is 0.492 e. The van der Waals surface area contributed by atoms with Gasteiger partial charge >= 0.3 is 0 Å². The van der Waals surface area contributed by atoms with Crippen molar-refractivity contribution in [1.29, 1.82) is 0 Å². The SMILES string of the molecule is COCCNC(=O)Cn1cc(NC(=O)C2COc3ccccc32)cn1. The summed E-state index contributed by atoms with van der Waals surface area (Å²) in [7, 11) is 1.57. The molecule has 0 spiro atoms. The number of carbonyl (C=O) groups excluding carboxylic acids is 2. The zero-order chi connectivity index (χ0) is 17.6. The van der Waals surface area contributed by atoms with E-state index in [1.165, 1.54) is 10.9 Å². The van der Waals surface area contributed by atoms with Crippen molar-refractivity contribution < 1.29 is 19.1 Å². The van der Waals surface area contributed by atoms with Crippen LogP contribution in [0.2, 0.25) is 0 Å². The van der Waals surface area contributed by atoms with Gasteiger partial charge in [0.1, 0.15) is 24.8 Å². The Balaban J connectivity index is 1.55. The number of nitrogens with zero attached hydrogens (tertiary/aromatic N) is 2. The normalized spacial score (nSPS) is 15.3. The zero-order valence-electron chi connectivity index (χ0n) is 13.9. The summed E-state index contributed by atoms with van der Waals surface area (Å²) in [5.41, 5.74) is 1.42. The van der Waals surface area contributed by atoms with Gasteiger partial charge in [-0.25, -0.2) is 0 Å². The van der Waals surface area contributed by atoms with Crippen molar-refractivity contribution in [3.63, 3.8) is 0 Å². The highest BCUT2D eigenvalue weighted by Gasteiger charge is 2.30. The molecule has 2 heterocycles. The van der Waals surface area contributed by atoms with Crippen LogP contribution in [0.4, 0.5) is 5.69 Å². The fourth-order valence-corrected chi connectivity index (χ4v) is 2.62. The number of fused-ring (bicyclic) bond motifs is 1. The van der Waals surface area contributed by atoms with Crippen molar-refractivity contribution in [1.82, 2.24) is 15.1 Å². The second kappa shape index (κ2) is 7.80. The number of nitrogens with one attached hydrogen (secondary N) is 2. The molecule has 132 valence electrons. The predicted octanol–water partition coefficient (Wildman–Crippen LogP) is 0.760. The first-order valence-corrected chi connectivity index (χ1v) is 7.98. The van der Waals surface area contributed by atoms with E-state index < -0.39 is 0 Å². The molecule has 8 nitrogen and oxygen atoms in total. The number of benzene rings is 1. The number of rotatable bonds is 7. The molecule has 1 aliphatic heterocycles. The lowest BCUT2D eigenvalue weighted by atomic mass is 10.0. The van der Waals surface area contributed by atoms with E-state index in [2.05, 4.69) is 15.7 Å². The van der Waals surface area contributed by atoms with Crippen molar-refractivity contribution in [3.05, 3.63) is 42.2 Å². The summed E-state index contributed by atoms with van der Waals surface area (Å²) >= 11 is 0. The fraction of sp³-hybridized carbons (Fsp3) is 0.353. The van der Waals surface area contributed by atoms with Crippen LogP contribution in [-0.4, -0.2) is 48.5 Å². The molecule has 8 heteroatoms. The van der Waals surface area contributed by atoms with Gasteiger partial charge in [0.05, 0.1) is 18.5 Å². The Bertz CT molecular complexity index is 759. The molecule has 1 atom stereocenters. The molecular formula is C17H20N4O4. The Morgan fingerprint density at radius 3 is 3.08 bits per heavy atom. The fourth-order valence-electron chi connectivity index (χ4n) is 2.62. The van der Waals surface area contributed by atoms with E-state index in [-0.39, 0.29) is 24.3 Å². The smallest absolute Gasteiger partial charge is 0.241 e. The second-order valence-electron chi connectivity index (χ2n) is 5.66. The standard InChI is InChI=1S/C17H20N4O4/c1-24-7-6-18-16(22)10-21-9-12(8-19-21)20-17(23)14-11-25-15-5-3-2-4-13(14)15/h2-5,8-9,14H,6-7,10-11H2,1H3,(H,18,22)(H,20,23). The molecule has 0 saturated carbocycles. The third-order valence-electron chi connectivity index (χ3n) is 3.85. The Kier molecular flexibility index (Phi) is 5.30. The van der Waals surface area contributed by atoms with Crippen molar-refractivity contribution in [2.24, 2.45) is 0 Å². The number of anilines is 1. The number of para-hydroxylation sites is 1. The Morgan fingerprint density at radius 2 is 2.24 bits per heavy atom. The summed E-state index contributed by atoms with van der Waals surface area (Å²) in [5.74, 6) is 0.0631. The van der Waals surface area contributed by atoms with Crippen molar-refractivity contribution in [2.75, 3.05) is 32.2 Å². The van der Waals surface area contributed by atoms with E-state index in [4.69, 9.17) is 9.47 Å². The van der Waals surface area contributed by atoms with E-state index in [0.29, 0.717) is 25.4 Å². The molecule has 1 aromatic carbocycles. The maximum absolute atomic E-state index is 12.5. The van der Waals surface area contributed by atoms with Crippen molar-refractivity contribution >= 4 is 17.5 Å². The highest BCUT2D eigenvalue weighted by atomic mass is 16.5. The Morgan fingerprint density at radius 1 is 1.40 bits per heavy atom. The van der Waals surface area contributed by atoms with Gasteiger partial charge in [-0.05, 0) is 6.07 Å². The van der Waals surface area contributed by atoms with Gasteiger partial charge < -0.3 is 20.1 Å². The quantitative estimate of drug-likeness (QED) is 0.723. The van der Waals surface area contributed by atoms with Crippen LogP contribution in [0, 0.1) is 0 Å². The molecule has 1 aromatic heterocycles. The Labute approximate surface area is 145 Å². The van der Waals surface area contributed by atoms with Crippen LogP contribution in [-0.2, 0) is 20.9 Å². The lowest BCUT2D eigenvalue weighted by Gasteiger charge is -2.08. The number of carbonyl (C=O) groups is 2. The van der Waals surface area contributed by atoms with Gasteiger partial charge in [-0.3, -0.25) is 14.3 Å². The molecule has 2 N–H and O–H groups in total. The van der Waals surface area contributed by atoms with E-state index in [9.17, 15) is 9.59 Å². The number of amides is 2. The molecule has 0 fully saturated rings. The molecule has 2 amide bonds. The summed E-state index contributed by atoms with van der Waals surface area (Å²) < 4.78 is 11.9. The molecule has 1 aliphatic rings. The minimum Gasteiger partial charge on any atom is -0.492 e. The summed E-state index contributed by atoms with van der Waals surface area (Å²) in [6, 6.07) is 7.50. The topological polar surface area (TPSA) is 94.5 Å². The van der Waals surface area contributed by atoms with Gasteiger partial charge in [-0.1, -0.05) is 18.2 Å². The van der Waals surface area contributed by atoms with Crippen LogP contribution in [0.3, 0.4) is 0 Å². The molecule has 1 unspecified atom stereocenters. The first-order valence-electron chi connectivity index (χ1n) is 7.98. The van der Waals surface area contributed by atoms with Crippen LogP contribution in [0.25, 0.3) is 0 Å². The summed E-state index contributed by atoms with van der Waals surface area (Å²) in [6.45, 7) is 1.30. The molecule has 25 heavy (non-hydrogen) atoms. The molecule has 0 radical (unpaired) electrons.